The number of aliphatic hydroxyl groups excluding tert-OH is 1. The largest absolute Gasteiger partial charge is 0.508 e. The minimum absolute atomic E-state index is 0.0381. The molecule has 1 aliphatic rings. The molecule has 2 heterocycles. The van der Waals surface area contributed by atoms with Crippen LogP contribution in [0.4, 0.5) is 0 Å². The molecule has 3 rings (SSSR count). The highest BCUT2D eigenvalue weighted by Crippen LogP contribution is 2.21. The van der Waals surface area contributed by atoms with Crippen LogP contribution in [-0.2, 0) is 56.0 Å². The molecule has 0 saturated carbocycles. The Morgan fingerprint density at radius 3 is 1.78 bits per heavy atom. The minimum atomic E-state index is -1.63. The number of rotatable bonds is 28. The molecule has 1 aromatic carbocycles. The first-order chi connectivity index (χ1) is 33.9. The van der Waals surface area contributed by atoms with E-state index in [9.17, 15) is 58.5 Å². The number of aliphatic hydroxyl groups is 1. The van der Waals surface area contributed by atoms with E-state index in [1.165, 1.54) is 48.6 Å². The molecular formula is C49H77N11O12. The Hall–Kier alpha value is -6.62. The number of hydrogen-bond acceptors (Lipinski definition) is 13. The maximum Gasteiger partial charge on any atom is 0.326 e. The van der Waals surface area contributed by atoms with Crippen LogP contribution in [-0.4, -0.2) is 151 Å². The van der Waals surface area contributed by atoms with E-state index in [0.717, 1.165) is 0 Å². The molecule has 1 aromatic heterocycles. The molecule has 0 radical (unpaired) electrons. The van der Waals surface area contributed by atoms with Gasteiger partial charge in [-0.25, -0.2) is 9.78 Å². The molecule has 23 nitrogen and oxygen atoms in total. The van der Waals surface area contributed by atoms with Gasteiger partial charge in [0.15, 0.2) is 0 Å². The number of H-pyrrole nitrogens is 1. The normalized spacial score (nSPS) is 17.3. The van der Waals surface area contributed by atoms with Crippen molar-refractivity contribution < 1.29 is 58.5 Å². The number of aromatic hydroxyl groups is 1. The maximum atomic E-state index is 14.3. The van der Waals surface area contributed by atoms with Gasteiger partial charge in [0.05, 0.1) is 19.0 Å². The number of aliphatic carboxylic acids is 1. The lowest BCUT2D eigenvalue weighted by atomic mass is 9.97. The van der Waals surface area contributed by atoms with Gasteiger partial charge in [-0.2, -0.15) is 0 Å². The molecule has 1 aliphatic heterocycles. The number of carboxylic acid groups (broad SMARTS) is 1. The van der Waals surface area contributed by atoms with Crippen LogP contribution in [0.5, 0.6) is 5.75 Å². The number of carboxylic acids is 1. The van der Waals surface area contributed by atoms with Gasteiger partial charge in [-0.05, 0) is 74.0 Å². The van der Waals surface area contributed by atoms with Crippen molar-refractivity contribution in [3.8, 4) is 5.75 Å². The number of aromatic amines is 1. The van der Waals surface area contributed by atoms with E-state index in [0.29, 0.717) is 37.1 Å². The molecule has 0 aliphatic carbocycles. The Labute approximate surface area is 420 Å². The molecule has 0 unspecified atom stereocenters. The lowest BCUT2D eigenvalue weighted by Gasteiger charge is -2.31. The van der Waals surface area contributed by atoms with Gasteiger partial charge in [0.2, 0.25) is 47.3 Å². The van der Waals surface area contributed by atoms with Crippen LogP contribution in [0.15, 0.2) is 36.8 Å². The summed E-state index contributed by atoms with van der Waals surface area (Å²) >= 11 is 0. The number of carbonyl (C=O) groups is 9. The number of benzene rings is 1. The van der Waals surface area contributed by atoms with Crippen LogP contribution in [0.25, 0.3) is 0 Å². The van der Waals surface area contributed by atoms with Crippen molar-refractivity contribution in [2.24, 2.45) is 29.4 Å². The zero-order valence-electron chi connectivity index (χ0n) is 42.8. The van der Waals surface area contributed by atoms with Crippen LogP contribution < -0.4 is 43.0 Å². The Morgan fingerprint density at radius 2 is 1.24 bits per heavy atom. The number of aromatic nitrogens is 2. The Bertz CT molecular complexity index is 2150. The fourth-order valence-electron chi connectivity index (χ4n) is 7.98. The van der Waals surface area contributed by atoms with Crippen LogP contribution in [0.2, 0.25) is 0 Å². The summed E-state index contributed by atoms with van der Waals surface area (Å²) in [6, 6.07) is -5.29. The van der Waals surface area contributed by atoms with Crippen molar-refractivity contribution >= 4 is 53.2 Å². The van der Waals surface area contributed by atoms with Crippen molar-refractivity contribution in [2.75, 3.05) is 13.2 Å². The number of phenols is 1. The number of phenolic OH excluding ortho intramolecular Hbond substituents is 1. The summed E-state index contributed by atoms with van der Waals surface area (Å²) in [5, 5.41) is 48.1. The average Bonchev–Trinajstić information content (AvgIpc) is 4.04. The number of nitrogens with zero attached hydrogens (tertiary/aromatic N) is 2. The molecule has 10 atom stereocenters. The summed E-state index contributed by atoms with van der Waals surface area (Å²) in [4.78, 5) is 130. The third-order valence-corrected chi connectivity index (χ3v) is 12.5. The number of imidazole rings is 1. The molecule has 13 N–H and O–H groups in total. The number of carbonyl (C=O) groups excluding carboxylic acids is 8. The highest BCUT2D eigenvalue weighted by Gasteiger charge is 2.40. The first-order valence-corrected chi connectivity index (χ1v) is 24.6. The standard InChI is InChI=1S/C49H77N11O12/c1-10-28(8)40(59-46(68)38-12-11-17-60(38)48(70)39(50)27(6)7)47(69)58-37(23-61)45(67)56-35(21-31-22-51-24-52-31)44(66)54-33(18-25(2)3)43(65)55-34(20-30-13-15-32(62)16-14-30)42(64)53-29(9)41(63)57-36(49(71)72)19-26(4)5/h13-16,22,24-29,33-40,61-62H,10-12,17-21,23,50H2,1-9H3,(H,51,52)(H,53,64)(H,54,66)(H,55,65)(H,56,67)(H,57,63)(H,58,69)(H,59,68)(H,71,72)/t28-,29-,33-,34-,35-,36-,37-,38-,39-,40-/m0/s1. The quantitative estimate of drug-likeness (QED) is 0.0512. The molecule has 2 aromatic rings. The van der Waals surface area contributed by atoms with Gasteiger partial charge in [-0.3, -0.25) is 38.4 Å². The summed E-state index contributed by atoms with van der Waals surface area (Å²) in [5.41, 5.74) is 7.02. The van der Waals surface area contributed by atoms with E-state index in [4.69, 9.17) is 5.73 Å². The Morgan fingerprint density at radius 1 is 0.708 bits per heavy atom. The highest BCUT2D eigenvalue weighted by atomic mass is 16.4. The summed E-state index contributed by atoms with van der Waals surface area (Å²) in [7, 11) is 0. The minimum Gasteiger partial charge on any atom is -0.508 e. The van der Waals surface area contributed by atoms with E-state index in [2.05, 4.69) is 47.2 Å². The summed E-state index contributed by atoms with van der Waals surface area (Å²) in [5.74, 6) is -8.24. The van der Waals surface area contributed by atoms with Crippen molar-refractivity contribution in [1.29, 1.82) is 0 Å². The number of hydrogen-bond donors (Lipinski definition) is 12. The fraction of sp³-hybridized carbons (Fsp3) is 0.633. The molecule has 72 heavy (non-hydrogen) atoms. The van der Waals surface area contributed by atoms with Gasteiger partial charge in [-0.1, -0.05) is 73.9 Å². The van der Waals surface area contributed by atoms with E-state index >= 15 is 0 Å². The summed E-state index contributed by atoms with van der Waals surface area (Å²) in [6.07, 6.45) is 3.91. The monoisotopic (exact) mass is 1010 g/mol. The van der Waals surface area contributed by atoms with E-state index in [1.54, 1.807) is 55.4 Å². The molecule has 400 valence electrons. The van der Waals surface area contributed by atoms with E-state index in [1.807, 2.05) is 0 Å². The smallest absolute Gasteiger partial charge is 0.326 e. The molecule has 23 heteroatoms. The molecule has 0 bridgehead atoms. The van der Waals surface area contributed by atoms with Crippen LogP contribution in [0.1, 0.15) is 106 Å². The number of nitrogens with two attached hydrogens (primary N) is 1. The van der Waals surface area contributed by atoms with E-state index in [-0.39, 0.29) is 55.1 Å². The second-order valence-electron chi connectivity index (χ2n) is 19.8. The highest BCUT2D eigenvalue weighted by molar-refractivity contribution is 5.98. The first kappa shape index (κ1) is 59.7. The van der Waals surface area contributed by atoms with E-state index < -0.39 is 114 Å². The van der Waals surface area contributed by atoms with Crippen molar-refractivity contribution in [2.45, 2.75) is 162 Å². The topological polar surface area (TPSA) is 356 Å². The lowest BCUT2D eigenvalue weighted by molar-refractivity contribution is -0.142. The van der Waals surface area contributed by atoms with Crippen molar-refractivity contribution in [1.82, 2.24) is 52.1 Å². The van der Waals surface area contributed by atoms with Crippen LogP contribution in [0, 0.1) is 23.7 Å². The maximum absolute atomic E-state index is 14.3. The second kappa shape index (κ2) is 28.4. The van der Waals surface area contributed by atoms with Gasteiger partial charge in [0.25, 0.3) is 0 Å². The Balaban J connectivity index is 1.85. The number of amides is 8. The van der Waals surface area contributed by atoms with Crippen LogP contribution >= 0.6 is 0 Å². The predicted molar refractivity (Wildman–Crippen MR) is 264 cm³/mol. The number of likely N-dealkylation sites (tertiary alicyclic amines) is 1. The molecular weight excluding hydrogens is 935 g/mol. The molecule has 8 amide bonds. The lowest BCUT2D eigenvalue weighted by Crippen LogP contribution is -2.62. The third kappa shape index (κ3) is 18.2. The first-order valence-electron chi connectivity index (χ1n) is 24.6. The summed E-state index contributed by atoms with van der Waals surface area (Å²) < 4.78 is 0. The predicted octanol–water partition coefficient (Wildman–Crippen LogP) is -0.497. The molecule has 1 fully saturated rings. The third-order valence-electron chi connectivity index (χ3n) is 12.5. The van der Waals surface area contributed by atoms with Gasteiger partial charge in [-0.15, -0.1) is 0 Å². The fourth-order valence-corrected chi connectivity index (χ4v) is 7.98. The average molecular weight is 1010 g/mol. The van der Waals surface area contributed by atoms with Crippen LogP contribution in [0.3, 0.4) is 0 Å². The second-order valence-corrected chi connectivity index (χ2v) is 19.8. The number of nitrogens with one attached hydrogen (secondary N) is 8. The van der Waals surface area contributed by atoms with Crippen molar-refractivity contribution in [3.05, 3.63) is 48.0 Å². The SMILES string of the molecule is CC[C@H](C)[C@H](NC(=O)[C@@H]1CCCN1C(=O)[C@@H](N)C(C)C)C(=O)N[C@@H](CO)C(=O)N[C@@H](Cc1cnc[nH]1)C(=O)N[C@@H](CC(C)C)C(=O)N[C@@H](Cc1ccc(O)cc1)C(=O)N[C@@H](C)C(=O)N[C@@H](CC(C)C)C(=O)O. The Kier molecular flexibility index (Phi) is 23.6. The van der Waals surface area contributed by atoms with Gasteiger partial charge in [0.1, 0.15) is 54.1 Å². The zero-order chi connectivity index (χ0) is 54.0. The summed E-state index contributed by atoms with van der Waals surface area (Å²) in [6.45, 7) is 15.0. The molecule has 1 saturated heterocycles. The van der Waals surface area contributed by atoms with Gasteiger partial charge in [0, 0.05) is 31.3 Å². The molecule has 0 spiro atoms. The zero-order valence-corrected chi connectivity index (χ0v) is 42.8. The van der Waals surface area contributed by atoms with Crippen molar-refractivity contribution in [3.63, 3.8) is 0 Å². The van der Waals surface area contributed by atoms with Gasteiger partial charge >= 0.3 is 5.97 Å². The van der Waals surface area contributed by atoms with Gasteiger partial charge < -0.3 is 68.2 Å².